The van der Waals surface area contributed by atoms with Gasteiger partial charge < -0.3 is 9.97 Å². The predicted molar refractivity (Wildman–Crippen MR) is 103 cm³/mol. The fourth-order valence-electron chi connectivity index (χ4n) is 4.06. The van der Waals surface area contributed by atoms with Gasteiger partial charge in [-0.3, -0.25) is 0 Å². The number of nitrogens with one attached hydrogen (secondary N) is 2. The first-order valence-electron chi connectivity index (χ1n) is 8.23. The second kappa shape index (κ2) is 4.18. The van der Waals surface area contributed by atoms with E-state index < -0.39 is 0 Å². The molecule has 0 unspecified atom stereocenters. The summed E-state index contributed by atoms with van der Waals surface area (Å²) in [6.07, 6.45) is 0. The summed E-state index contributed by atoms with van der Waals surface area (Å²) in [5, 5.41) is 7.72. The van der Waals surface area contributed by atoms with Crippen LogP contribution in [0.25, 0.3) is 54.4 Å². The average molecular weight is 306 g/mol. The molecule has 4 aromatic carbocycles. The Bertz CT molecular complexity index is 1400. The topological polar surface area (TPSA) is 31.6 Å². The van der Waals surface area contributed by atoms with E-state index in [9.17, 15) is 0 Å². The SMILES string of the molecule is c1ccc2c(c1)ccc1[nH]c3c(ccc4c5ccccc5[nH]c43)c12. The molecule has 0 aliphatic carbocycles. The van der Waals surface area contributed by atoms with Gasteiger partial charge in [0.2, 0.25) is 0 Å². The first-order valence-corrected chi connectivity index (χ1v) is 8.23. The van der Waals surface area contributed by atoms with Crippen molar-refractivity contribution in [1.29, 1.82) is 0 Å². The number of aromatic nitrogens is 2. The van der Waals surface area contributed by atoms with Crippen molar-refractivity contribution in [3.63, 3.8) is 0 Å². The van der Waals surface area contributed by atoms with Gasteiger partial charge >= 0.3 is 0 Å². The lowest BCUT2D eigenvalue weighted by atomic mass is 10.0. The molecule has 2 nitrogen and oxygen atoms in total. The van der Waals surface area contributed by atoms with Gasteiger partial charge in [-0.25, -0.2) is 0 Å². The smallest absolute Gasteiger partial charge is 0.0710 e. The summed E-state index contributed by atoms with van der Waals surface area (Å²) in [6.45, 7) is 0. The van der Waals surface area contributed by atoms with E-state index in [1.54, 1.807) is 0 Å². The van der Waals surface area contributed by atoms with Crippen LogP contribution >= 0.6 is 0 Å². The highest BCUT2D eigenvalue weighted by atomic mass is 14.8. The van der Waals surface area contributed by atoms with Crippen molar-refractivity contribution in [2.24, 2.45) is 0 Å². The normalized spacial score (nSPS) is 12.2. The molecule has 0 amide bonds. The highest BCUT2D eigenvalue weighted by molar-refractivity contribution is 6.26. The lowest BCUT2D eigenvalue weighted by molar-refractivity contribution is 1.51. The van der Waals surface area contributed by atoms with Crippen LogP contribution in [-0.4, -0.2) is 9.97 Å². The van der Waals surface area contributed by atoms with Gasteiger partial charge in [0, 0.05) is 32.6 Å². The third kappa shape index (κ3) is 1.41. The number of rotatable bonds is 0. The molecule has 6 aromatic rings. The number of hydrogen-bond donors (Lipinski definition) is 2. The van der Waals surface area contributed by atoms with Crippen molar-refractivity contribution >= 4 is 54.4 Å². The average Bonchev–Trinajstić information content (AvgIpc) is 3.20. The van der Waals surface area contributed by atoms with Crippen molar-refractivity contribution in [2.75, 3.05) is 0 Å². The molecule has 2 N–H and O–H groups in total. The molecule has 112 valence electrons. The second-order valence-corrected chi connectivity index (χ2v) is 6.42. The van der Waals surface area contributed by atoms with Gasteiger partial charge in [-0.05, 0) is 22.9 Å². The Labute approximate surface area is 137 Å². The van der Waals surface area contributed by atoms with Gasteiger partial charge in [0.05, 0.1) is 11.0 Å². The molecule has 0 saturated heterocycles. The van der Waals surface area contributed by atoms with Crippen molar-refractivity contribution < 1.29 is 0 Å². The number of fused-ring (bicyclic) bond motifs is 9. The highest BCUT2D eigenvalue weighted by Crippen LogP contribution is 2.37. The third-order valence-electron chi connectivity index (χ3n) is 5.14. The molecule has 0 saturated carbocycles. The fraction of sp³-hybridized carbons (Fsp3) is 0. The van der Waals surface area contributed by atoms with Crippen LogP contribution in [0.3, 0.4) is 0 Å². The molecule has 0 bridgehead atoms. The van der Waals surface area contributed by atoms with Crippen LogP contribution in [0.4, 0.5) is 0 Å². The summed E-state index contributed by atoms with van der Waals surface area (Å²) in [6, 6.07) is 26.0. The van der Waals surface area contributed by atoms with Gasteiger partial charge in [-0.2, -0.15) is 0 Å². The minimum absolute atomic E-state index is 1.18. The first-order chi connectivity index (χ1) is 11.9. The lowest BCUT2D eigenvalue weighted by Crippen LogP contribution is -1.74. The number of aromatic amines is 2. The van der Waals surface area contributed by atoms with Gasteiger partial charge in [0.1, 0.15) is 0 Å². The van der Waals surface area contributed by atoms with Crippen molar-refractivity contribution in [3.05, 3.63) is 72.8 Å². The van der Waals surface area contributed by atoms with Crippen LogP contribution in [0.2, 0.25) is 0 Å². The van der Waals surface area contributed by atoms with Crippen LogP contribution in [0.15, 0.2) is 72.8 Å². The number of para-hydroxylation sites is 1. The van der Waals surface area contributed by atoms with Crippen molar-refractivity contribution in [2.45, 2.75) is 0 Å². The molecule has 6 rings (SSSR count). The van der Waals surface area contributed by atoms with Crippen molar-refractivity contribution in [1.82, 2.24) is 9.97 Å². The monoisotopic (exact) mass is 306 g/mol. The van der Waals surface area contributed by atoms with Gasteiger partial charge in [0.15, 0.2) is 0 Å². The third-order valence-corrected chi connectivity index (χ3v) is 5.14. The molecular formula is C22H14N2. The van der Waals surface area contributed by atoms with E-state index in [2.05, 4.69) is 82.8 Å². The van der Waals surface area contributed by atoms with E-state index in [1.807, 2.05) is 0 Å². The first kappa shape index (κ1) is 12.2. The summed E-state index contributed by atoms with van der Waals surface area (Å²) in [5.41, 5.74) is 4.75. The minimum Gasteiger partial charge on any atom is -0.353 e. The zero-order valence-electron chi connectivity index (χ0n) is 12.9. The Morgan fingerprint density at radius 3 is 2.12 bits per heavy atom. The summed E-state index contributed by atoms with van der Waals surface area (Å²) >= 11 is 0. The Hall–Kier alpha value is -3.26. The molecule has 0 aliphatic rings. The molecule has 0 spiro atoms. The van der Waals surface area contributed by atoms with Gasteiger partial charge in [-0.15, -0.1) is 0 Å². The van der Waals surface area contributed by atoms with Gasteiger partial charge in [-0.1, -0.05) is 60.7 Å². The zero-order valence-corrected chi connectivity index (χ0v) is 12.9. The fourth-order valence-corrected chi connectivity index (χ4v) is 4.06. The summed E-state index contributed by atoms with van der Waals surface area (Å²) in [4.78, 5) is 7.24. The van der Waals surface area contributed by atoms with Gasteiger partial charge in [0.25, 0.3) is 0 Å². The van der Waals surface area contributed by atoms with E-state index in [0.717, 1.165) is 0 Å². The van der Waals surface area contributed by atoms with Crippen molar-refractivity contribution in [3.8, 4) is 0 Å². The zero-order chi connectivity index (χ0) is 15.7. The maximum absolute atomic E-state index is 3.64. The summed E-state index contributed by atoms with van der Waals surface area (Å²) in [5.74, 6) is 0. The molecule has 0 atom stereocenters. The number of benzene rings is 4. The largest absolute Gasteiger partial charge is 0.353 e. The molecule has 2 heteroatoms. The number of hydrogen-bond acceptors (Lipinski definition) is 0. The van der Waals surface area contributed by atoms with Crippen LogP contribution in [0, 0.1) is 0 Å². The van der Waals surface area contributed by atoms with Crippen LogP contribution < -0.4 is 0 Å². The molecular weight excluding hydrogens is 292 g/mol. The van der Waals surface area contributed by atoms with Crippen LogP contribution in [-0.2, 0) is 0 Å². The predicted octanol–water partition coefficient (Wildman–Crippen LogP) is 6.11. The summed E-state index contributed by atoms with van der Waals surface area (Å²) in [7, 11) is 0. The standard InChI is InChI=1S/C22H14N2/c1-2-6-14-13(5-1)9-12-19-20(14)17-11-10-16-15-7-3-4-8-18(15)23-21(16)22(17)24-19/h1-12,23-24H. The van der Waals surface area contributed by atoms with E-state index in [-0.39, 0.29) is 0 Å². The molecule has 0 radical (unpaired) electrons. The molecule has 2 heterocycles. The lowest BCUT2D eigenvalue weighted by Gasteiger charge is -2.00. The van der Waals surface area contributed by atoms with Crippen LogP contribution in [0.1, 0.15) is 0 Å². The Morgan fingerprint density at radius 1 is 0.458 bits per heavy atom. The Kier molecular flexibility index (Phi) is 2.12. The quantitative estimate of drug-likeness (QED) is 0.339. The van der Waals surface area contributed by atoms with E-state index >= 15 is 0 Å². The minimum atomic E-state index is 1.18. The van der Waals surface area contributed by atoms with E-state index in [4.69, 9.17) is 0 Å². The second-order valence-electron chi connectivity index (χ2n) is 6.42. The van der Waals surface area contributed by atoms with E-state index in [1.165, 1.54) is 54.4 Å². The van der Waals surface area contributed by atoms with Crippen LogP contribution in [0.5, 0.6) is 0 Å². The molecule has 0 aliphatic heterocycles. The number of H-pyrrole nitrogens is 2. The Balaban J connectivity index is 1.90. The highest BCUT2D eigenvalue weighted by Gasteiger charge is 2.13. The maximum Gasteiger partial charge on any atom is 0.0710 e. The maximum atomic E-state index is 3.64. The molecule has 24 heavy (non-hydrogen) atoms. The Morgan fingerprint density at radius 2 is 1.17 bits per heavy atom. The van der Waals surface area contributed by atoms with E-state index in [0.29, 0.717) is 0 Å². The molecule has 2 aromatic heterocycles. The molecule has 0 fully saturated rings. The summed E-state index contributed by atoms with van der Waals surface area (Å²) < 4.78 is 0.